The van der Waals surface area contributed by atoms with Crippen molar-refractivity contribution in [2.75, 3.05) is 6.54 Å². The Balaban J connectivity index is 2.64. The van der Waals surface area contributed by atoms with Crippen LogP contribution in [0.4, 0.5) is 0 Å². The maximum Gasteiger partial charge on any atom is 0.253 e. The van der Waals surface area contributed by atoms with Crippen molar-refractivity contribution in [3.8, 4) is 0 Å². The van der Waals surface area contributed by atoms with Gasteiger partial charge >= 0.3 is 0 Å². The number of aromatic nitrogens is 1. The lowest BCUT2D eigenvalue weighted by Gasteiger charge is -2.10. The van der Waals surface area contributed by atoms with Crippen LogP contribution in [0.5, 0.6) is 0 Å². The number of aryl methyl sites for hydroxylation is 1. The van der Waals surface area contributed by atoms with Crippen LogP contribution in [0.1, 0.15) is 22.8 Å². The van der Waals surface area contributed by atoms with Crippen LogP contribution in [0, 0.1) is 6.92 Å². The first-order valence-corrected chi connectivity index (χ1v) is 4.29. The molecular formula is C9H15N3O. The van der Waals surface area contributed by atoms with Crippen LogP contribution in [0.15, 0.2) is 12.4 Å². The highest BCUT2D eigenvalue weighted by molar-refractivity contribution is 5.95. The van der Waals surface area contributed by atoms with E-state index < -0.39 is 0 Å². The number of hydrogen-bond acceptors (Lipinski definition) is 2. The summed E-state index contributed by atoms with van der Waals surface area (Å²) in [5.41, 5.74) is 7.02. The molecule has 0 radical (unpaired) electrons. The lowest BCUT2D eigenvalue weighted by molar-refractivity contribution is 0.0941. The minimum atomic E-state index is -0.0725. The first kappa shape index (κ1) is 9.80. The van der Waals surface area contributed by atoms with E-state index >= 15 is 0 Å². The van der Waals surface area contributed by atoms with Crippen LogP contribution in [0.3, 0.4) is 0 Å². The Morgan fingerprint density at radius 1 is 1.69 bits per heavy atom. The van der Waals surface area contributed by atoms with E-state index in [-0.39, 0.29) is 11.9 Å². The van der Waals surface area contributed by atoms with Crippen molar-refractivity contribution in [2.24, 2.45) is 5.73 Å². The normalized spacial score (nSPS) is 12.5. The van der Waals surface area contributed by atoms with Gasteiger partial charge in [-0.2, -0.15) is 0 Å². The molecule has 0 bridgehead atoms. The van der Waals surface area contributed by atoms with Gasteiger partial charge in [-0.3, -0.25) is 4.79 Å². The Kier molecular flexibility index (Phi) is 3.08. The van der Waals surface area contributed by atoms with Crippen molar-refractivity contribution in [1.82, 2.24) is 10.3 Å². The molecule has 4 N–H and O–H groups in total. The molecule has 4 nitrogen and oxygen atoms in total. The molecule has 1 aromatic rings. The maximum absolute atomic E-state index is 11.5. The summed E-state index contributed by atoms with van der Waals surface area (Å²) >= 11 is 0. The second kappa shape index (κ2) is 4.09. The van der Waals surface area contributed by atoms with E-state index in [0.29, 0.717) is 12.1 Å². The zero-order valence-corrected chi connectivity index (χ0v) is 7.92. The summed E-state index contributed by atoms with van der Waals surface area (Å²) in [6.07, 6.45) is 3.48. The number of hydrogen-bond donors (Lipinski definition) is 3. The largest absolute Gasteiger partial charge is 0.367 e. The van der Waals surface area contributed by atoms with Crippen LogP contribution in [-0.4, -0.2) is 23.5 Å². The molecule has 0 aliphatic carbocycles. The summed E-state index contributed by atoms with van der Waals surface area (Å²) < 4.78 is 0. The summed E-state index contributed by atoms with van der Waals surface area (Å²) in [7, 11) is 0. The molecule has 0 spiro atoms. The van der Waals surface area contributed by atoms with E-state index in [4.69, 9.17) is 5.73 Å². The van der Waals surface area contributed by atoms with Crippen LogP contribution in [0.25, 0.3) is 0 Å². The Bertz CT molecular complexity index is 293. The summed E-state index contributed by atoms with van der Waals surface area (Å²) in [5.74, 6) is -0.0725. The summed E-state index contributed by atoms with van der Waals surface area (Å²) in [5, 5.41) is 2.79. The molecule has 0 aliphatic rings. The molecule has 1 rings (SSSR count). The van der Waals surface area contributed by atoms with Gasteiger partial charge in [-0.05, 0) is 19.4 Å². The molecule has 1 aromatic heterocycles. The van der Waals surface area contributed by atoms with Crippen LogP contribution in [-0.2, 0) is 0 Å². The van der Waals surface area contributed by atoms with Gasteiger partial charge in [-0.15, -0.1) is 0 Å². The highest BCUT2D eigenvalue weighted by Crippen LogP contribution is 2.05. The zero-order chi connectivity index (χ0) is 9.84. The zero-order valence-electron chi connectivity index (χ0n) is 7.92. The Hall–Kier alpha value is -1.29. The number of H-pyrrole nitrogens is 1. The maximum atomic E-state index is 11.5. The fraction of sp³-hybridized carbons (Fsp3) is 0.444. The van der Waals surface area contributed by atoms with Crippen molar-refractivity contribution >= 4 is 5.91 Å². The number of aromatic amines is 1. The topological polar surface area (TPSA) is 70.9 Å². The average molecular weight is 181 g/mol. The third-order valence-electron chi connectivity index (χ3n) is 1.93. The molecule has 0 aliphatic heterocycles. The third-order valence-corrected chi connectivity index (χ3v) is 1.93. The molecule has 72 valence electrons. The highest BCUT2D eigenvalue weighted by atomic mass is 16.1. The van der Waals surface area contributed by atoms with Crippen molar-refractivity contribution in [3.63, 3.8) is 0 Å². The second-order valence-corrected chi connectivity index (χ2v) is 3.16. The van der Waals surface area contributed by atoms with Gasteiger partial charge in [-0.25, -0.2) is 0 Å². The number of nitrogens with two attached hydrogens (primary N) is 1. The highest BCUT2D eigenvalue weighted by Gasteiger charge is 2.10. The van der Waals surface area contributed by atoms with Gasteiger partial charge in [0.25, 0.3) is 5.91 Å². The Labute approximate surface area is 77.5 Å². The predicted octanol–water partition coefficient (Wildman–Crippen LogP) is 0.400. The van der Waals surface area contributed by atoms with E-state index in [1.54, 1.807) is 12.4 Å². The smallest absolute Gasteiger partial charge is 0.253 e. The number of carbonyl (C=O) groups is 1. The molecule has 1 atom stereocenters. The Morgan fingerprint density at radius 2 is 2.38 bits per heavy atom. The number of carbonyl (C=O) groups excluding carboxylic acids is 1. The van der Waals surface area contributed by atoms with Crippen LogP contribution < -0.4 is 11.1 Å². The lowest BCUT2D eigenvalue weighted by Crippen LogP contribution is -2.37. The van der Waals surface area contributed by atoms with Crippen LogP contribution in [0.2, 0.25) is 0 Å². The summed E-state index contributed by atoms with van der Waals surface area (Å²) in [6.45, 7) is 4.22. The molecule has 1 heterocycles. The van der Waals surface area contributed by atoms with Gasteiger partial charge in [0, 0.05) is 25.0 Å². The molecule has 0 saturated heterocycles. The Morgan fingerprint density at radius 3 is 2.85 bits per heavy atom. The number of amides is 1. The van der Waals surface area contributed by atoms with Gasteiger partial charge in [0.2, 0.25) is 0 Å². The standard InChI is InChI=1S/C9H15N3O/c1-6-4-11-5-8(6)9(13)12-7(2)3-10/h4-5,7,11H,3,10H2,1-2H3,(H,12,13)/t7-/m0/s1. The monoisotopic (exact) mass is 181 g/mol. The van der Waals surface area contributed by atoms with E-state index in [9.17, 15) is 4.79 Å². The van der Waals surface area contributed by atoms with Gasteiger partial charge in [0.15, 0.2) is 0 Å². The van der Waals surface area contributed by atoms with E-state index in [0.717, 1.165) is 5.56 Å². The van der Waals surface area contributed by atoms with Gasteiger partial charge < -0.3 is 16.0 Å². The van der Waals surface area contributed by atoms with Crippen molar-refractivity contribution in [2.45, 2.75) is 19.9 Å². The van der Waals surface area contributed by atoms with Gasteiger partial charge in [0.05, 0.1) is 5.56 Å². The van der Waals surface area contributed by atoms with E-state index in [2.05, 4.69) is 10.3 Å². The molecule has 0 unspecified atom stereocenters. The van der Waals surface area contributed by atoms with E-state index in [1.165, 1.54) is 0 Å². The minimum absolute atomic E-state index is 0.0156. The minimum Gasteiger partial charge on any atom is -0.367 e. The van der Waals surface area contributed by atoms with Crippen LogP contribution >= 0.6 is 0 Å². The van der Waals surface area contributed by atoms with Crippen molar-refractivity contribution in [3.05, 3.63) is 23.5 Å². The molecule has 0 fully saturated rings. The molecule has 0 saturated carbocycles. The molecule has 0 aromatic carbocycles. The van der Waals surface area contributed by atoms with Gasteiger partial charge in [0.1, 0.15) is 0 Å². The number of rotatable bonds is 3. The first-order valence-electron chi connectivity index (χ1n) is 4.29. The molecule has 13 heavy (non-hydrogen) atoms. The predicted molar refractivity (Wildman–Crippen MR) is 51.5 cm³/mol. The van der Waals surface area contributed by atoms with Gasteiger partial charge in [-0.1, -0.05) is 0 Å². The van der Waals surface area contributed by atoms with Crippen molar-refractivity contribution in [1.29, 1.82) is 0 Å². The second-order valence-electron chi connectivity index (χ2n) is 3.16. The summed E-state index contributed by atoms with van der Waals surface area (Å²) in [4.78, 5) is 14.4. The fourth-order valence-electron chi connectivity index (χ4n) is 1.05. The molecule has 4 heteroatoms. The average Bonchev–Trinajstić information content (AvgIpc) is 2.51. The first-order chi connectivity index (χ1) is 6.15. The summed E-state index contributed by atoms with van der Waals surface area (Å²) in [6, 6.07) is 0.0156. The molecule has 1 amide bonds. The third kappa shape index (κ3) is 2.32. The number of nitrogens with one attached hydrogen (secondary N) is 2. The SMILES string of the molecule is Cc1c[nH]cc1C(=O)N[C@@H](C)CN. The quantitative estimate of drug-likeness (QED) is 0.631. The van der Waals surface area contributed by atoms with Crippen molar-refractivity contribution < 1.29 is 4.79 Å². The molecular weight excluding hydrogens is 166 g/mol. The fourth-order valence-corrected chi connectivity index (χ4v) is 1.05. The lowest BCUT2D eigenvalue weighted by atomic mass is 10.2. The van der Waals surface area contributed by atoms with E-state index in [1.807, 2.05) is 13.8 Å².